The van der Waals surface area contributed by atoms with Crippen molar-refractivity contribution in [3.8, 4) is 0 Å². The summed E-state index contributed by atoms with van der Waals surface area (Å²) in [5.74, 6) is 0.617. The van der Waals surface area contributed by atoms with Crippen molar-refractivity contribution < 1.29 is 0 Å². The van der Waals surface area contributed by atoms with Crippen LogP contribution in [0.25, 0.3) is 0 Å². The van der Waals surface area contributed by atoms with E-state index >= 15 is 0 Å². The molecule has 2 unspecified atom stereocenters. The van der Waals surface area contributed by atoms with Crippen LogP contribution in [-0.4, -0.2) is 9.15 Å². The third kappa shape index (κ3) is 3.61. The average Bonchev–Trinajstić information content (AvgIpc) is 1.62. The Bertz CT molecular complexity index is 81.4. The number of hydrogen-bond acceptors (Lipinski definition) is 0. The molecule has 2 atom stereocenters. The minimum atomic E-state index is -0.0405. The standard InChI is InChI=1S/C7H13Br2/c1-5(2)6(8)7(3,4)9/h5-6H,3H2,1-2,4H3. The number of rotatable bonds is 2. The average molecular weight is 257 g/mol. The quantitative estimate of drug-likeness (QED) is 0.665. The summed E-state index contributed by atoms with van der Waals surface area (Å²) < 4.78 is -0.0405. The molecule has 0 heterocycles. The van der Waals surface area contributed by atoms with Crippen LogP contribution in [0.2, 0.25) is 0 Å². The van der Waals surface area contributed by atoms with E-state index in [4.69, 9.17) is 0 Å². The summed E-state index contributed by atoms with van der Waals surface area (Å²) in [5, 5.41) is 0. The van der Waals surface area contributed by atoms with Crippen LogP contribution >= 0.6 is 31.9 Å². The Morgan fingerprint density at radius 3 is 1.78 bits per heavy atom. The van der Waals surface area contributed by atoms with Gasteiger partial charge in [-0.1, -0.05) is 45.7 Å². The molecule has 0 aromatic carbocycles. The van der Waals surface area contributed by atoms with Crippen LogP contribution in [0.15, 0.2) is 0 Å². The first kappa shape index (κ1) is 9.96. The van der Waals surface area contributed by atoms with Gasteiger partial charge in [0.15, 0.2) is 0 Å². The van der Waals surface area contributed by atoms with E-state index in [0.717, 1.165) is 0 Å². The van der Waals surface area contributed by atoms with Gasteiger partial charge >= 0.3 is 0 Å². The molecule has 0 N–H and O–H groups in total. The molecule has 0 aliphatic rings. The smallest absolute Gasteiger partial charge is 0.0357 e. The normalized spacial score (nSPS) is 16.3. The Morgan fingerprint density at radius 1 is 1.44 bits per heavy atom. The molecule has 2 heteroatoms. The number of alkyl halides is 2. The SMILES string of the molecule is [CH2]C(C)(Br)C(Br)C(C)C. The summed E-state index contributed by atoms with van der Waals surface area (Å²) in [6, 6.07) is 0. The first-order valence-electron chi connectivity index (χ1n) is 3.04. The predicted octanol–water partition coefficient (Wildman–Crippen LogP) is 3.39. The summed E-state index contributed by atoms with van der Waals surface area (Å²) in [6.07, 6.45) is 0. The van der Waals surface area contributed by atoms with Crippen molar-refractivity contribution in [1.82, 2.24) is 0 Å². The molecule has 0 saturated carbocycles. The summed E-state index contributed by atoms with van der Waals surface area (Å²) in [5.41, 5.74) is 0. The van der Waals surface area contributed by atoms with Crippen molar-refractivity contribution in [3.05, 3.63) is 6.92 Å². The summed E-state index contributed by atoms with van der Waals surface area (Å²) in [7, 11) is 0. The van der Waals surface area contributed by atoms with Gasteiger partial charge in [-0.05, 0) is 19.8 Å². The summed E-state index contributed by atoms with van der Waals surface area (Å²) >= 11 is 7.04. The zero-order valence-electron chi connectivity index (χ0n) is 6.12. The molecule has 9 heavy (non-hydrogen) atoms. The minimum Gasteiger partial charge on any atom is -0.0873 e. The first-order chi connectivity index (χ1) is 3.85. The van der Waals surface area contributed by atoms with Gasteiger partial charge in [0.2, 0.25) is 0 Å². The highest BCUT2D eigenvalue weighted by Crippen LogP contribution is 2.31. The summed E-state index contributed by atoms with van der Waals surface area (Å²) in [4.78, 5) is 0.435. The van der Waals surface area contributed by atoms with Crippen molar-refractivity contribution in [2.75, 3.05) is 0 Å². The molecule has 0 bridgehead atoms. The Kier molecular flexibility index (Phi) is 3.74. The Hall–Kier alpha value is 0.960. The Balaban J connectivity index is 3.88. The molecule has 0 aromatic rings. The van der Waals surface area contributed by atoms with Gasteiger partial charge in [-0.3, -0.25) is 0 Å². The highest BCUT2D eigenvalue weighted by Gasteiger charge is 2.26. The number of halogens is 2. The van der Waals surface area contributed by atoms with Gasteiger partial charge in [0.25, 0.3) is 0 Å². The maximum atomic E-state index is 3.96. The largest absolute Gasteiger partial charge is 0.0873 e. The highest BCUT2D eigenvalue weighted by atomic mass is 79.9. The lowest BCUT2D eigenvalue weighted by molar-refractivity contribution is 0.563. The lowest BCUT2D eigenvalue weighted by Crippen LogP contribution is -2.28. The van der Waals surface area contributed by atoms with Crippen molar-refractivity contribution in [1.29, 1.82) is 0 Å². The minimum absolute atomic E-state index is 0.0405. The maximum absolute atomic E-state index is 3.96. The maximum Gasteiger partial charge on any atom is 0.0357 e. The van der Waals surface area contributed by atoms with E-state index in [1.54, 1.807) is 0 Å². The fourth-order valence-electron chi connectivity index (χ4n) is 0.695. The lowest BCUT2D eigenvalue weighted by atomic mass is 10.0. The van der Waals surface area contributed by atoms with Crippen molar-refractivity contribution in [3.63, 3.8) is 0 Å². The van der Waals surface area contributed by atoms with E-state index in [-0.39, 0.29) is 4.32 Å². The highest BCUT2D eigenvalue weighted by molar-refractivity contribution is 9.12. The summed E-state index contributed by atoms with van der Waals surface area (Å²) in [6.45, 7) is 10.4. The van der Waals surface area contributed by atoms with Crippen molar-refractivity contribution in [2.24, 2.45) is 5.92 Å². The second-order valence-corrected chi connectivity index (χ2v) is 5.72. The van der Waals surface area contributed by atoms with E-state index in [2.05, 4.69) is 59.6 Å². The van der Waals surface area contributed by atoms with Gasteiger partial charge in [0.1, 0.15) is 0 Å². The van der Waals surface area contributed by atoms with Crippen LogP contribution in [0, 0.1) is 12.8 Å². The first-order valence-corrected chi connectivity index (χ1v) is 4.75. The fourth-order valence-corrected chi connectivity index (χ4v) is 1.22. The third-order valence-corrected chi connectivity index (χ3v) is 4.34. The molecule has 0 saturated heterocycles. The van der Waals surface area contributed by atoms with Crippen molar-refractivity contribution in [2.45, 2.75) is 29.9 Å². The van der Waals surface area contributed by atoms with E-state index in [1.807, 2.05) is 0 Å². The number of hydrogen-bond donors (Lipinski definition) is 0. The molecule has 0 aromatic heterocycles. The van der Waals surface area contributed by atoms with Crippen LogP contribution in [0.4, 0.5) is 0 Å². The van der Waals surface area contributed by atoms with Gasteiger partial charge < -0.3 is 0 Å². The van der Waals surface area contributed by atoms with E-state index < -0.39 is 0 Å². The molecule has 0 aliphatic heterocycles. The van der Waals surface area contributed by atoms with Crippen molar-refractivity contribution >= 4 is 31.9 Å². The Morgan fingerprint density at radius 2 is 1.78 bits per heavy atom. The molecular formula is C7H13Br2. The predicted molar refractivity (Wildman–Crippen MR) is 50.2 cm³/mol. The Labute approximate surface area is 74.7 Å². The molecule has 0 spiro atoms. The molecule has 0 aliphatic carbocycles. The second-order valence-electron chi connectivity index (χ2n) is 2.92. The van der Waals surface area contributed by atoms with E-state index in [1.165, 1.54) is 0 Å². The van der Waals surface area contributed by atoms with Crippen LogP contribution in [-0.2, 0) is 0 Å². The zero-order valence-corrected chi connectivity index (χ0v) is 9.29. The fraction of sp³-hybridized carbons (Fsp3) is 0.857. The van der Waals surface area contributed by atoms with Gasteiger partial charge in [-0.15, -0.1) is 0 Å². The topological polar surface area (TPSA) is 0 Å². The molecule has 0 nitrogen and oxygen atoms in total. The second kappa shape index (κ2) is 3.38. The molecule has 0 amide bonds. The zero-order chi connectivity index (χ0) is 7.65. The van der Waals surface area contributed by atoms with Crippen LogP contribution in [0.3, 0.4) is 0 Å². The van der Waals surface area contributed by atoms with Gasteiger partial charge in [-0.25, -0.2) is 0 Å². The van der Waals surface area contributed by atoms with E-state index in [9.17, 15) is 0 Å². The van der Waals surface area contributed by atoms with Gasteiger partial charge in [0, 0.05) is 9.15 Å². The van der Waals surface area contributed by atoms with Crippen LogP contribution in [0.5, 0.6) is 0 Å². The lowest BCUT2D eigenvalue weighted by Gasteiger charge is -2.26. The van der Waals surface area contributed by atoms with Crippen LogP contribution in [0.1, 0.15) is 20.8 Å². The molecule has 1 radical (unpaired) electrons. The molecular weight excluding hydrogens is 244 g/mol. The van der Waals surface area contributed by atoms with Gasteiger partial charge in [0.05, 0.1) is 0 Å². The molecule has 0 fully saturated rings. The molecule has 55 valence electrons. The van der Waals surface area contributed by atoms with E-state index in [0.29, 0.717) is 10.7 Å². The molecule has 0 rings (SSSR count). The van der Waals surface area contributed by atoms with Crippen LogP contribution < -0.4 is 0 Å². The third-order valence-electron chi connectivity index (χ3n) is 1.16. The monoisotopic (exact) mass is 255 g/mol. The van der Waals surface area contributed by atoms with Gasteiger partial charge in [-0.2, -0.15) is 0 Å².